The number of thioether (sulfide) groups is 1. The summed E-state index contributed by atoms with van der Waals surface area (Å²) in [5, 5.41) is -0.202. The van der Waals surface area contributed by atoms with Gasteiger partial charge in [-0.15, -0.1) is 11.8 Å². The van der Waals surface area contributed by atoms with Gasteiger partial charge in [-0.25, -0.2) is 0 Å². The van der Waals surface area contributed by atoms with Gasteiger partial charge in [0, 0.05) is 19.2 Å². The molecule has 2 aromatic rings. The number of fused-ring (bicyclic) bond motifs is 1. The van der Waals surface area contributed by atoms with Gasteiger partial charge in [0.2, 0.25) is 5.91 Å². The van der Waals surface area contributed by atoms with Crippen LogP contribution in [0.5, 0.6) is 0 Å². The number of ketones is 1. The molecule has 3 rings (SSSR count). The summed E-state index contributed by atoms with van der Waals surface area (Å²) in [6.07, 6.45) is 0.615. The predicted molar refractivity (Wildman–Crippen MR) is 98.4 cm³/mol. The lowest BCUT2D eigenvalue weighted by atomic mass is 9.98. The van der Waals surface area contributed by atoms with Gasteiger partial charge >= 0.3 is 0 Å². The number of hydrogen-bond donors (Lipinski definition) is 0. The highest BCUT2D eigenvalue weighted by Gasteiger charge is 2.29. The Morgan fingerprint density at radius 3 is 2.71 bits per heavy atom. The maximum absolute atomic E-state index is 12.8. The van der Waals surface area contributed by atoms with Crippen LogP contribution in [0, 0.1) is 6.92 Å². The van der Waals surface area contributed by atoms with Gasteiger partial charge in [-0.05, 0) is 30.5 Å². The first kappa shape index (κ1) is 16.8. The number of hydrogen-bond acceptors (Lipinski definition) is 3. The molecule has 1 aliphatic rings. The molecule has 0 N–H and O–H groups in total. The van der Waals surface area contributed by atoms with Crippen molar-refractivity contribution in [3.05, 3.63) is 70.8 Å². The van der Waals surface area contributed by atoms with Gasteiger partial charge in [-0.1, -0.05) is 48.0 Å². The van der Waals surface area contributed by atoms with Crippen LogP contribution in [0.15, 0.2) is 48.5 Å². The van der Waals surface area contributed by atoms with Gasteiger partial charge in [-0.3, -0.25) is 9.59 Å². The number of nitrogens with zero attached hydrogens (tertiary/aromatic N) is 1. The van der Waals surface area contributed by atoms with Gasteiger partial charge in [0.1, 0.15) is 0 Å². The summed E-state index contributed by atoms with van der Waals surface area (Å²) >= 11 is 1.46. The van der Waals surface area contributed by atoms with E-state index in [9.17, 15) is 9.59 Å². The molecule has 1 aliphatic heterocycles. The van der Waals surface area contributed by atoms with E-state index in [1.54, 1.807) is 4.90 Å². The Labute approximate surface area is 147 Å². The van der Waals surface area contributed by atoms with Crippen molar-refractivity contribution >= 4 is 23.5 Å². The standard InChI is InChI=1S/C20H21NO2S/c1-14-8-9-16-11-19(24-13-18(22)17(16)10-14)20(23)21(2)12-15-6-4-3-5-7-15/h3-10,19H,11-13H2,1-2H3. The van der Waals surface area contributed by atoms with E-state index in [0.29, 0.717) is 18.7 Å². The molecule has 2 aromatic carbocycles. The smallest absolute Gasteiger partial charge is 0.236 e. The van der Waals surface area contributed by atoms with Crippen molar-refractivity contribution in [3.8, 4) is 0 Å². The lowest BCUT2D eigenvalue weighted by Crippen LogP contribution is -2.35. The Hall–Kier alpha value is -2.07. The van der Waals surface area contributed by atoms with Crippen molar-refractivity contribution in [1.82, 2.24) is 4.90 Å². The molecule has 4 heteroatoms. The summed E-state index contributed by atoms with van der Waals surface area (Å²) in [6, 6.07) is 15.9. The molecule has 0 saturated heterocycles. The van der Waals surface area contributed by atoms with Crippen LogP contribution in [0.3, 0.4) is 0 Å². The summed E-state index contributed by atoms with van der Waals surface area (Å²) in [6.45, 7) is 2.58. The molecule has 0 spiro atoms. The lowest BCUT2D eigenvalue weighted by molar-refractivity contribution is -0.129. The fourth-order valence-electron chi connectivity index (χ4n) is 2.98. The molecular weight excluding hydrogens is 318 g/mol. The number of rotatable bonds is 3. The minimum absolute atomic E-state index is 0.0880. The molecule has 24 heavy (non-hydrogen) atoms. The first-order valence-electron chi connectivity index (χ1n) is 8.08. The fourth-order valence-corrected chi connectivity index (χ4v) is 4.11. The monoisotopic (exact) mass is 339 g/mol. The third-order valence-corrected chi connectivity index (χ3v) is 5.50. The molecule has 0 radical (unpaired) electrons. The summed E-state index contributed by atoms with van der Waals surface area (Å²) in [5.74, 6) is 0.580. The number of Topliss-reactive ketones (excluding diaryl/α,β-unsaturated/α-hetero) is 1. The van der Waals surface area contributed by atoms with E-state index in [2.05, 4.69) is 0 Å². The average molecular weight is 339 g/mol. The molecule has 124 valence electrons. The van der Waals surface area contributed by atoms with Crippen molar-refractivity contribution in [3.63, 3.8) is 0 Å². The molecule has 0 fully saturated rings. The van der Waals surface area contributed by atoms with Crippen LogP contribution in [-0.2, 0) is 17.8 Å². The Kier molecular flexibility index (Phi) is 5.05. The molecule has 0 bridgehead atoms. The third kappa shape index (κ3) is 3.70. The highest BCUT2D eigenvalue weighted by molar-refractivity contribution is 8.01. The molecule has 0 aromatic heterocycles. The van der Waals surface area contributed by atoms with Crippen LogP contribution in [0.4, 0.5) is 0 Å². The Balaban J connectivity index is 1.76. The summed E-state index contributed by atoms with van der Waals surface area (Å²) in [7, 11) is 1.83. The van der Waals surface area contributed by atoms with Crippen LogP contribution in [0.25, 0.3) is 0 Å². The Bertz CT molecular complexity index is 757. The zero-order chi connectivity index (χ0) is 17.1. The van der Waals surface area contributed by atoms with E-state index in [1.807, 2.05) is 62.5 Å². The largest absolute Gasteiger partial charge is 0.340 e. The van der Waals surface area contributed by atoms with E-state index in [-0.39, 0.29) is 16.9 Å². The Morgan fingerprint density at radius 1 is 1.21 bits per heavy atom. The van der Waals surface area contributed by atoms with Crippen molar-refractivity contribution in [2.24, 2.45) is 0 Å². The molecule has 1 unspecified atom stereocenters. The zero-order valence-corrected chi connectivity index (χ0v) is 14.8. The van der Waals surface area contributed by atoms with E-state index >= 15 is 0 Å². The number of carbonyl (C=O) groups excluding carboxylic acids is 2. The van der Waals surface area contributed by atoms with Gasteiger partial charge in [0.05, 0.1) is 11.0 Å². The Morgan fingerprint density at radius 2 is 1.96 bits per heavy atom. The van der Waals surface area contributed by atoms with Crippen LogP contribution < -0.4 is 0 Å². The summed E-state index contributed by atoms with van der Waals surface area (Å²) in [4.78, 5) is 26.9. The van der Waals surface area contributed by atoms with E-state index in [4.69, 9.17) is 0 Å². The maximum atomic E-state index is 12.8. The van der Waals surface area contributed by atoms with Crippen LogP contribution >= 0.6 is 11.8 Å². The number of amides is 1. The molecule has 1 heterocycles. The maximum Gasteiger partial charge on any atom is 0.236 e. The summed E-state index contributed by atoms with van der Waals surface area (Å²) < 4.78 is 0. The highest BCUT2D eigenvalue weighted by Crippen LogP contribution is 2.27. The van der Waals surface area contributed by atoms with Crippen LogP contribution in [-0.4, -0.2) is 34.6 Å². The SMILES string of the molecule is Cc1ccc2c(c1)C(=O)CSC(C(=O)N(C)Cc1ccccc1)C2. The first-order valence-corrected chi connectivity index (χ1v) is 9.12. The molecule has 1 amide bonds. The minimum atomic E-state index is -0.202. The number of aryl methyl sites for hydroxylation is 1. The number of benzene rings is 2. The van der Waals surface area contributed by atoms with Crippen LogP contribution in [0.1, 0.15) is 27.0 Å². The van der Waals surface area contributed by atoms with E-state index in [0.717, 1.165) is 22.3 Å². The second-order valence-corrected chi connectivity index (χ2v) is 7.46. The summed E-state index contributed by atoms with van der Waals surface area (Å²) in [5.41, 5.74) is 3.96. The second kappa shape index (κ2) is 7.22. The molecule has 3 nitrogen and oxygen atoms in total. The van der Waals surface area contributed by atoms with Crippen molar-refractivity contribution in [2.45, 2.75) is 25.1 Å². The fraction of sp³-hybridized carbons (Fsp3) is 0.300. The third-order valence-electron chi connectivity index (χ3n) is 4.30. The molecule has 1 atom stereocenters. The quantitative estimate of drug-likeness (QED) is 0.859. The van der Waals surface area contributed by atoms with Crippen molar-refractivity contribution < 1.29 is 9.59 Å². The van der Waals surface area contributed by atoms with Gasteiger partial charge in [0.25, 0.3) is 0 Å². The predicted octanol–water partition coefficient (Wildman–Crippen LogP) is 3.49. The topological polar surface area (TPSA) is 37.4 Å². The normalized spacial score (nSPS) is 17.1. The van der Waals surface area contributed by atoms with Crippen molar-refractivity contribution in [2.75, 3.05) is 12.8 Å². The molecule has 0 saturated carbocycles. The second-order valence-electron chi connectivity index (χ2n) is 6.27. The van der Waals surface area contributed by atoms with Gasteiger partial charge in [-0.2, -0.15) is 0 Å². The average Bonchev–Trinajstić information content (AvgIpc) is 2.74. The first-order chi connectivity index (χ1) is 11.5. The highest BCUT2D eigenvalue weighted by atomic mass is 32.2. The zero-order valence-electron chi connectivity index (χ0n) is 14.0. The minimum Gasteiger partial charge on any atom is -0.340 e. The van der Waals surface area contributed by atoms with Gasteiger partial charge in [0.15, 0.2) is 5.78 Å². The van der Waals surface area contributed by atoms with E-state index < -0.39 is 0 Å². The lowest BCUT2D eigenvalue weighted by Gasteiger charge is -2.22. The van der Waals surface area contributed by atoms with Crippen LogP contribution in [0.2, 0.25) is 0 Å². The number of carbonyl (C=O) groups is 2. The molecular formula is C20H21NO2S. The van der Waals surface area contributed by atoms with Crippen molar-refractivity contribution in [1.29, 1.82) is 0 Å². The van der Waals surface area contributed by atoms with E-state index in [1.165, 1.54) is 11.8 Å². The molecule has 0 aliphatic carbocycles. The van der Waals surface area contributed by atoms with Gasteiger partial charge < -0.3 is 4.90 Å².